The third kappa shape index (κ3) is 2.78. The first-order valence-corrected chi connectivity index (χ1v) is 8.52. The van der Waals surface area contributed by atoms with Crippen LogP contribution in [0.4, 0.5) is 0 Å². The average Bonchev–Trinajstić information content (AvgIpc) is 3.29. The second kappa shape index (κ2) is 5.95. The zero-order valence-electron chi connectivity index (χ0n) is 13.2. The Morgan fingerprint density at radius 2 is 2.12 bits per heavy atom. The fourth-order valence-corrected chi connectivity index (χ4v) is 3.33. The van der Waals surface area contributed by atoms with Gasteiger partial charge in [0.25, 0.3) is 0 Å². The molecule has 0 spiro atoms. The maximum Gasteiger partial charge on any atom is 0.230 e. The van der Waals surface area contributed by atoms with Gasteiger partial charge in [-0.15, -0.1) is 0 Å². The number of pyridine rings is 1. The molecule has 1 aromatic carbocycles. The van der Waals surface area contributed by atoms with Crippen LogP contribution in [0.2, 0.25) is 5.02 Å². The molecule has 1 N–H and O–H groups in total. The van der Waals surface area contributed by atoms with Crippen molar-refractivity contribution in [2.24, 2.45) is 0 Å². The first kappa shape index (κ1) is 15.2. The Balaban J connectivity index is 1.40. The van der Waals surface area contributed by atoms with Crippen LogP contribution in [-0.4, -0.2) is 21.8 Å². The Labute approximate surface area is 145 Å². The predicted molar refractivity (Wildman–Crippen MR) is 94.3 cm³/mol. The number of imidazole rings is 1. The molecule has 4 rings (SSSR count). The number of nitrogens with zero attached hydrogens (tertiary/aromatic N) is 2. The maximum atomic E-state index is 12.6. The molecule has 0 unspecified atom stereocenters. The summed E-state index contributed by atoms with van der Waals surface area (Å²) in [6, 6.07) is 13.5. The summed E-state index contributed by atoms with van der Waals surface area (Å²) in [7, 11) is 0. The highest BCUT2D eigenvalue weighted by atomic mass is 35.5. The lowest BCUT2D eigenvalue weighted by Crippen LogP contribution is -2.36. The Bertz CT molecular complexity index is 865. The predicted octanol–water partition coefficient (Wildman–Crippen LogP) is 3.38. The molecule has 1 aliphatic rings. The van der Waals surface area contributed by atoms with Crippen LogP contribution in [-0.2, 0) is 16.6 Å². The van der Waals surface area contributed by atoms with Crippen LogP contribution < -0.4 is 5.32 Å². The second-order valence-corrected chi connectivity index (χ2v) is 6.73. The van der Waals surface area contributed by atoms with Crippen molar-refractivity contribution in [2.45, 2.75) is 24.7 Å². The molecule has 1 aliphatic carbocycles. The van der Waals surface area contributed by atoms with Crippen LogP contribution in [0.5, 0.6) is 0 Å². The summed E-state index contributed by atoms with van der Waals surface area (Å²) in [6.45, 7) is 0.588. The summed E-state index contributed by atoms with van der Waals surface area (Å²) in [6.07, 6.45) is 6.47. The Morgan fingerprint density at radius 1 is 1.25 bits per heavy atom. The number of aromatic nitrogens is 2. The molecule has 1 fully saturated rings. The quantitative estimate of drug-likeness (QED) is 0.774. The van der Waals surface area contributed by atoms with Gasteiger partial charge in [-0.05, 0) is 42.7 Å². The number of hydrogen-bond acceptors (Lipinski definition) is 2. The van der Waals surface area contributed by atoms with E-state index in [1.807, 2.05) is 59.3 Å². The number of carbonyl (C=O) groups excluding carboxylic acids is 1. The Hall–Kier alpha value is -2.33. The Kier molecular flexibility index (Phi) is 3.77. The molecule has 3 aromatic rings. The van der Waals surface area contributed by atoms with E-state index in [0.29, 0.717) is 11.6 Å². The molecule has 0 aliphatic heterocycles. The van der Waals surface area contributed by atoms with Gasteiger partial charge in [-0.25, -0.2) is 4.98 Å². The fourth-order valence-electron chi connectivity index (χ4n) is 3.14. The van der Waals surface area contributed by atoms with E-state index in [2.05, 4.69) is 10.3 Å². The number of nitrogens with one attached hydrogen (secondary N) is 1. The van der Waals surface area contributed by atoms with Gasteiger partial charge < -0.3 is 9.72 Å². The summed E-state index contributed by atoms with van der Waals surface area (Å²) in [5, 5.41) is 3.74. The summed E-state index contributed by atoms with van der Waals surface area (Å²) >= 11 is 6.06. The van der Waals surface area contributed by atoms with E-state index < -0.39 is 0 Å². The molecule has 4 nitrogen and oxygen atoms in total. The standard InChI is InChI=1S/C19H18ClN3O/c20-15-5-3-4-14(12-15)19(8-9-19)18(24)21-10-7-16-13-23-11-2-1-6-17(23)22-16/h1-6,11-13H,7-10H2,(H,21,24). The van der Waals surface area contributed by atoms with Crippen molar-refractivity contribution in [3.05, 3.63) is 71.1 Å². The molecular weight excluding hydrogens is 322 g/mol. The number of carbonyl (C=O) groups is 1. The van der Waals surface area contributed by atoms with Crippen LogP contribution in [0.25, 0.3) is 5.65 Å². The molecule has 2 aromatic heterocycles. The van der Waals surface area contributed by atoms with Crippen molar-refractivity contribution in [3.63, 3.8) is 0 Å². The molecule has 122 valence electrons. The molecule has 1 amide bonds. The zero-order chi connectivity index (χ0) is 16.6. The number of fused-ring (bicyclic) bond motifs is 1. The minimum absolute atomic E-state index is 0.0912. The SMILES string of the molecule is O=C(NCCc1cn2ccccc2n1)C1(c2cccc(Cl)c2)CC1. The van der Waals surface area contributed by atoms with Crippen molar-refractivity contribution in [3.8, 4) is 0 Å². The summed E-state index contributed by atoms with van der Waals surface area (Å²) in [5.41, 5.74) is 2.54. The van der Waals surface area contributed by atoms with Crippen molar-refractivity contribution < 1.29 is 4.79 Å². The highest BCUT2D eigenvalue weighted by Crippen LogP contribution is 2.48. The first-order chi connectivity index (χ1) is 11.7. The smallest absolute Gasteiger partial charge is 0.230 e. The van der Waals surface area contributed by atoms with E-state index in [9.17, 15) is 4.79 Å². The van der Waals surface area contributed by atoms with E-state index >= 15 is 0 Å². The van der Waals surface area contributed by atoms with Crippen molar-refractivity contribution in [2.75, 3.05) is 6.54 Å². The first-order valence-electron chi connectivity index (χ1n) is 8.14. The third-order valence-corrected chi connectivity index (χ3v) is 4.88. The highest BCUT2D eigenvalue weighted by Gasteiger charge is 2.51. The van der Waals surface area contributed by atoms with E-state index in [1.54, 1.807) is 0 Å². The van der Waals surface area contributed by atoms with Crippen LogP contribution in [0.1, 0.15) is 24.1 Å². The summed E-state index contributed by atoms with van der Waals surface area (Å²) in [5.74, 6) is 0.0912. The van der Waals surface area contributed by atoms with Gasteiger partial charge in [0.05, 0.1) is 11.1 Å². The van der Waals surface area contributed by atoms with Crippen molar-refractivity contribution in [1.82, 2.24) is 14.7 Å². The highest BCUT2D eigenvalue weighted by molar-refractivity contribution is 6.30. The van der Waals surface area contributed by atoms with E-state index in [0.717, 1.165) is 36.2 Å². The number of amides is 1. The van der Waals surface area contributed by atoms with E-state index in [-0.39, 0.29) is 11.3 Å². The van der Waals surface area contributed by atoms with Gasteiger partial charge in [-0.1, -0.05) is 29.8 Å². The molecule has 24 heavy (non-hydrogen) atoms. The molecule has 1 saturated carbocycles. The van der Waals surface area contributed by atoms with Gasteiger partial charge in [0.1, 0.15) is 5.65 Å². The monoisotopic (exact) mass is 339 g/mol. The zero-order valence-corrected chi connectivity index (χ0v) is 14.0. The van der Waals surface area contributed by atoms with E-state index in [1.165, 1.54) is 0 Å². The minimum atomic E-state index is -0.385. The summed E-state index contributed by atoms with van der Waals surface area (Å²) < 4.78 is 1.99. The number of rotatable bonds is 5. The van der Waals surface area contributed by atoms with Gasteiger partial charge in [0.15, 0.2) is 0 Å². The van der Waals surface area contributed by atoms with Crippen LogP contribution in [0, 0.1) is 0 Å². The molecule has 0 radical (unpaired) electrons. The normalized spacial score (nSPS) is 15.4. The van der Waals surface area contributed by atoms with E-state index in [4.69, 9.17) is 11.6 Å². The second-order valence-electron chi connectivity index (χ2n) is 6.30. The van der Waals surface area contributed by atoms with Crippen molar-refractivity contribution >= 4 is 23.2 Å². The average molecular weight is 340 g/mol. The van der Waals surface area contributed by atoms with Gasteiger partial charge in [0, 0.05) is 30.4 Å². The Morgan fingerprint density at radius 3 is 2.88 bits per heavy atom. The number of halogens is 1. The summed E-state index contributed by atoms with van der Waals surface area (Å²) in [4.78, 5) is 17.2. The molecule has 2 heterocycles. The molecule has 5 heteroatoms. The van der Waals surface area contributed by atoms with Gasteiger partial charge in [-0.3, -0.25) is 4.79 Å². The number of benzene rings is 1. The van der Waals surface area contributed by atoms with Gasteiger partial charge >= 0.3 is 0 Å². The lowest BCUT2D eigenvalue weighted by Gasteiger charge is -2.15. The van der Waals surface area contributed by atoms with Crippen molar-refractivity contribution in [1.29, 1.82) is 0 Å². The lowest BCUT2D eigenvalue weighted by molar-refractivity contribution is -0.123. The molecule has 0 atom stereocenters. The molecule has 0 saturated heterocycles. The number of hydrogen-bond donors (Lipinski definition) is 1. The fraction of sp³-hybridized carbons (Fsp3) is 0.263. The van der Waals surface area contributed by atoms with Crippen LogP contribution >= 0.6 is 11.6 Å². The third-order valence-electron chi connectivity index (χ3n) is 4.64. The topological polar surface area (TPSA) is 46.4 Å². The van der Waals surface area contributed by atoms with Crippen LogP contribution in [0.3, 0.4) is 0 Å². The van der Waals surface area contributed by atoms with Crippen LogP contribution in [0.15, 0.2) is 54.9 Å². The maximum absolute atomic E-state index is 12.6. The largest absolute Gasteiger partial charge is 0.355 e. The molecule has 0 bridgehead atoms. The van der Waals surface area contributed by atoms with Gasteiger partial charge in [0.2, 0.25) is 5.91 Å². The van der Waals surface area contributed by atoms with Gasteiger partial charge in [-0.2, -0.15) is 0 Å². The lowest BCUT2D eigenvalue weighted by atomic mass is 9.95. The molecular formula is C19H18ClN3O. The minimum Gasteiger partial charge on any atom is -0.355 e.